The lowest BCUT2D eigenvalue weighted by molar-refractivity contribution is 0.0882. The zero-order chi connectivity index (χ0) is 9.97. The van der Waals surface area contributed by atoms with Crippen molar-refractivity contribution in [3.63, 3.8) is 0 Å². The summed E-state index contributed by atoms with van der Waals surface area (Å²) in [6.07, 6.45) is 0.757. The summed E-state index contributed by atoms with van der Waals surface area (Å²) in [6.45, 7) is 0.602. The highest BCUT2D eigenvalue weighted by Gasteiger charge is 2.28. The third-order valence-corrected chi connectivity index (χ3v) is 2.44. The van der Waals surface area contributed by atoms with Crippen molar-refractivity contribution in [2.24, 2.45) is 0 Å². The van der Waals surface area contributed by atoms with E-state index >= 15 is 0 Å². The maximum Gasteiger partial charge on any atom is 0.273 e. The Hall–Kier alpha value is -1.05. The van der Waals surface area contributed by atoms with E-state index in [1.165, 1.54) is 6.20 Å². The maximum atomic E-state index is 11.4. The first-order valence-corrected chi connectivity index (χ1v) is 4.84. The van der Waals surface area contributed by atoms with Crippen LogP contribution < -0.4 is 5.32 Å². The van der Waals surface area contributed by atoms with Crippen LogP contribution in [0, 0.1) is 0 Å². The summed E-state index contributed by atoms with van der Waals surface area (Å²) in [5.74, 6) is -0.326. The molecule has 1 aromatic heterocycles. The molecule has 76 valence electrons. The van der Waals surface area contributed by atoms with E-state index in [1.807, 2.05) is 0 Å². The van der Waals surface area contributed by atoms with Crippen molar-refractivity contribution in [2.45, 2.75) is 12.1 Å². The summed E-state index contributed by atoms with van der Waals surface area (Å²) < 4.78 is 12.5. The molecule has 1 saturated heterocycles. The van der Waals surface area contributed by atoms with Gasteiger partial charge in [0.25, 0.3) is 5.91 Å². The van der Waals surface area contributed by atoms with Crippen molar-refractivity contribution >= 4 is 17.6 Å². The smallest absolute Gasteiger partial charge is 0.273 e. The number of ether oxygens (including phenoxy) is 1. The molecule has 2 rings (SSSR count). The molecule has 2 N–H and O–H groups in total. The van der Waals surface area contributed by atoms with Gasteiger partial charge in [-0.15, -0.1) is 0 Å². The van der Waals surface area contributed by atoms with Gasteiger partial charge in [-0.25, -0.2) is 0 Å². The number of aliphatic hydroxyl groups is 1. The minimum atomic E-state index is -0.634. The summed E-state index contributed by atoms with van der Waals surface area (Å²) >= 11 is 0.972. The average Bonchev–Trinajstić information content (AvgIpc) is 2.77. The van der Waals surface area contributed by atoms with Gasteiger partial charge in [-0.2, -0.15) is 8.75 Å². The number of hydrogen-bond acceptors (Lipinski definition) is 6. The van der Waals surface area contributed by atoms with E-state index in [4.69, 9.17) is 4.74 Å². The van der Waals surface area contributed by atoms with Gasteiger partial charge in [0.2, 0.25) is 0 Å². The summed E-state index contributed by atoms with van der Waals surface area (Å²) in [5, 5.41) is 12.0. The highest BCUT2D eigenvalue weighted by atomic mass is 32.1. The Morgan fingerprint density at radius 3 is 3.14 bits per heavy atom. The second kappa shape index (κ2) is 3.99. The number of carbonyl (C=O) groups excluding carboxylic acids is 1. The summed E-state index contributed by atoms with van der Waals surface area (Å²) in [7, 11) is 0. The van der Waals surface area contributed by atoms with E-state index in [9.17, 15) is 9.90 Å². The molecule has 1 aromatic rings. The molecule has 6 nitrogen and oxygen atoms in total. The van der Waals surface area contributed by atoms with Crippen molar-refractivity contribution in [3.05, 3.63) is 11.9 Å². The van der Waals surface area contributed by atoms with Crippen LogP contribution >= 0.6 is 11.7 Å². The Kier molecular flexibility index (Phi) is 2.71. The lowest BCUT2D eigenvalue weighted by atomic mass is 10.2. The van der Waals surface area contributed by atoms with Crippen LogP contribution in [-0.2, 0) is 4.74 Å². The fourth-order valence-electron chi connectivity index (χ4n) is 1.19. The van der Waals surface area contributed by atoms with Gasteiger partial charge in [-0.05, 0) is 0 Å². The van der Waals surface area contributed by atoms with Gasteiger partial charge in [-0.1, -0.05) is 0 Å². The number of rotatable bonds is 2. The van der Waals surface area contributed by atoms with E-state index in [-0.39, 0.29) is 24.2 Å². The third kappa shape index (κ3) is 1.89. The minimum absolute atomic E-state index is 0.264. The van der Waals surface area contributed by atoms with E-state index in [0.717, 1.165) is 11.7 Å². The molecule has 0 bridgehead atoms. The molecule has 2 atom stereocenters. The third-order valence-electron chi connectivity index (χ3n) is 1.96. The van der Waals surface area contributed by atoms with E-state index in [2.05, 4.69) is 14.1 Å². The Morgan fingerprint density at radius 1 is 1.71 bits per heavy atom. The standard InChI is InChI=1S/C7H9N3O3S/c11-6-3-13-2-5(6)9-7(12)4-1-8-14-10-4/h1,5-6,11H,2-3H2,(H,9,12)/t5-,6-/m1/s1. The second-order valence-corrected chi connectivity index (χ2v) is 3.53. The van der Waals surface area contributed by atoms with Crippen LogP contribution in [-0.4, -0.2) is 45.1 Å². The van der Waals surface area contributed by atoms with E-state index in [1.54, 1.807) is 0 Å². The first kappa shape index (κ1) is 9.50. The Labute approximate surface area is 84.2 Å². The summed E-state index contributed by atoms with van der Waals surface area (Å²) in [5.41, 5.74) is 0.272. The largest absolute Gasteiger partial charge is 0.388 e. The number of nitrogens with zero attached hydrogens (tertiary/aromatic N) is 2. The minimum Gasteiger partial charge on any atom is -0.388 e. The number of aliphatic hydroxyl groups excluding tert-OH is 1. The first-order valence-electron chi connectivity index (χ1n) is 4.11. The van der Waals surface area contributed by atoms with E-state index in [0.29, 0.717) is 6.61 Å². The van der Waals surface area contributed by atoms with Crippen molar-refractivity contribution in [1.29, 1.82) is 0 Å². The summed E-state index contributed by atoms with van der Waals surface area (Å²) in [6, 6.07) is -0.343. The molecular formula is C7H9N3O3S. The van der Waals surface area contributed by atoms with Crippen molar-refractivity contribution in [2.75, 3.05) is 13.2 Å². The molecule has 1 amide bonds. The van der Waals surface area contributed by atoms with Crippen molar-refractivity contribution in [3.8, 4) is 0 Å². The second-order valence-electron chi connectivity index (χ2n) is 2.98. The number of aromatic nitrogens is 2. The van der Waals surface area contributed by atoms with Crippen LogP contribution in [0.4, 0.5) is 0 Å². The Bertz CT molecular complexity index is 316. The van der Waals surface area contributed by atoms with Gasteiger partial charge in [0, 0.05) is 0 Å². The molecule has 1 aliphatic heterocycles. The maximum absolute atomic E-state index is 11.4. The highest BCUT2D eigenvalue weighted by Crippen LogP contribution is 2.06. The van der Waals surface area contributed by atoms with Gasteiger partial charge in [-0.3, -0.25) is 4.79 Å². The molecule has 2 heterocycles. The lowest BCUT2D eigenvalue weighted by Gasteiger charge is -2.12. The number of nitrogens with one attached hydrogen (secondary N) is 1. The molecule has 0 spiro atoms. The predicted molar refractivity (Wildman–Crippen MR) is 48.0 cm³/mol. The van der Waals surface area contributed by atoms with Crippen molar-refractivity contribution < 1.29 is 14.6 Å². The number of amides is 1. The fraction of sp³-hybridized carbons (Fsp3) is 0.571. The van der Waals surface area contributed by atoms with Crippen LogP contribution in [0.25, 0.3) is 0 Å². The van der Waals surface area contributed by atoms with Gasteiger partial charge >= 0.3 is 0 Å². The van der Waals surface area contributed by atoms with Gasteiger partial charge in [0.05, 0.1) is 43.3 Å². The topological polar surface area (TPSA) is 84.3 Å². The molecule has 0 aromatic carbocycles. The molecular weight excluding hydrogens is 206 g/mol. The zero-order valence-electron chi connectivity index (χ0n) is 7.21. The lowest BCUT2D eigenvalue weighted by Crippen LogP contribution is -2.42. The first-order chi connectivity index (χ1) is 6.77. The quantitative estimate of drug-likeness (QED) is 0.663. The van der Waals surface area contributed by atoms with E-state index < -0.39 is 6.10 Å². The fourth-order valence-corrected chi connectivity index (χ4v) is 1.60. The molecule has 7 heteroatoms. The zero-order valence-corrected chi connectivity index (χ0v) is 8.03. The molecule has 0 unspecified atom stereocenters. The molecule has 0 saturated carbocycles. The number of carbonyl (C=O) groups is 1. The summed E-state index contributed by atoms with van der Waals surface area (Å²) in [4.78, 5) is 11.4. The molecule has 1 aliphatic rings. The molecule has 14 heavy (non-hydrogen) atoms. The predicted octanol–water partition coefficient (Wildman–Crippen LogP) is -0.972. The monoisotopic (exact) mass is 215 g/mol. The van der Waals surface area contributed by atoms with Crippen molar-refractivity contribution in [1.82, 2.24) is 14.1 Å². The Morgan fingerprint density at radius 2 is 2.57 bits per heavy atom. The molecule has 0 aliphatic carbocycles. The normalized spacial score (nSPS) is 26.4. The van der Waals surface area contributed by atoms with Gasteiger partial charge in [0.15, 0.2) is 5.69 Å². The average molecular weight is 215 g/mol. The van der Waals surface area contributed by atoms with Gasteiger partial charge < -0.3 is 15.2 Å². The van der Waals surface area contributed by atoms with Crippen LogP contribution in [0.2, 0.25) is 0 Å². The van der Waals surface area contributed by atoms with Crippen LogP contribution in [0.15, 0.2) is 6.20 Å². The molecule has 0 radical (unpaired) electrons. The van der Waals surface area contributed by atoms with Crippen LogP contribution in [0.3, 0.4) is 0 Å². The van der Waals surface area contributed by atoms with Crippen LogP contribution in [0.5, 0.6) is 0 Å². The van der Waals surface area contributed by atoms with Gasteiger partial charge in [0.1, 0.15) is 0 Å². The number of hydrogen-bond donors (Lipinski definition) is 2. The highest BCUT2D eigenvalue weighted by molar-refractivity contribution is 6.99. The molecule has 1 fully saturated rings. The van der Waals surface area contributed by atoms with Crippen LogP contribution in [0.1, 0.15) is 10.5 Å². The SMILES string of the molecule is O=C(N[C@@H]1COC[C@H]1O)c1cnsn1. The Balaban J connectivity index is 1.95.